The Bertz CT molecular complexity index is 417. The highest BCUT2D eigenvalue weighted by molar-refractivity contribution is 14.1. The van der Waals surface area contributed by atoms with E-state index in [1.165, 1.54) is 0 Å². The molecule has 0 radical (unpaired) electrons. The van der Waals surface area contributed by atoms with Crippen LogP contribution >= 0.6 is 22.6 Å². The van der Waals surface area contributed by atoms with Gasteiger partial charge in [-0.3, -0.25) is 0 Å². The lowest BCUT2D eigenvalue weighted by atomic mass is 10.3. The van der Waals surface area contributed by atoms with Crippen molar-refractivity contribution >= 4 is 32.6 Å². The van der Waals surface area contributed by atoms with Gasteiger partial charge in [-0.25, -0.2) is 13.1 Å². The van der Waals surface area contributed by atoms with E-state index in [1.807, 2.05) is 35.6 Å². The second kappa shape index (κ2) is 5.81. The smallest absolute Gasteiger partial charge is 0.211 e. The van der Waals surface area contributed by atoms with Crippen molar-refractivity contribution in [3.8, 4) is 0 Å². The summed E-state index contributed by atoms with van der Waals surface area (Å²) in [6.07, 6.45) is 1.84. The van der Waals surface area contributed by atoms with Gasteiger partial charge in [0.2, 0.25) is 10.0 Å². The highest BCUT2D eigenvalue weighted by Crippen LogP contribution is 2.16. The standard InChI is InChI=1S/C10H14INO2S/c1-2-3-8-12-15(13,14)10-7-5-4-6-9(10)11/h4-7,12H,2-3,8H2,1H3. The fraction of sp³-hybridized carbons (Fsp3) is 0.400. The molecule has 0 saturated heterocycles. The number of hydrogen-bond donors (Lipinski definition) is 1. The lowest BCUT2D eigenvalue weighted by Gasteiger charge is -2.07. The number of halogens is 1. The van der Waals surface area contributed by atoms with Gasteiger partial charge in [0.1, 0.15) is 0 Å². The zero-order chi connectivity index (χ0) is 11.3. The van der Waals surface area contributed by atoms with E-state index in [4.69, 9.17) is 0 Å². The van der Waals surface area contributed by atoms with Crippen LogP contribution in [0.1, 0.15) is 19.8 Å². The third kappa shape index (κ3) is 3.73. The Morgan fingerprint density at radius 1 is 1.33 bits per heavy atom. The predicted molar refractivity (Wildman–Crippen MR) is 69.3 cm³/mol. The summed E-state index contributed by atoms with van der Waals surface area (Å²) in [5.74, 6) is 0. The molecule has 0 amide bonds. The van der Waals surface area contributed by atoms with Crippen LogP contribution in [0.2, 0.25) is 0 Å². The molecular weight excluding hydrogens is 325 g/mol. The third-order valence-corrected chi connectivity index (χ3v) is 4.77. The lowest BCUT2D eigenvalue weighted by molar-refractivity contribution is 0.578. The molecule has 0 spiro atoms. The van der Waals surface area contributed by atoms with Gasteiger partial charge in [0, 0.05) is 10.1 Å². The topological polar surface area (TPSA) is 46.2 Å². The summed E-state index contributed by atoms with van der Waals surface area (Å²) in [7, 11) is -3.32. The maximum absolute atomic E-state index is 11.8. The molecule has 1 aromatic rings. The van der Waals surface area contributed by atoms with E-state index in [1.54, 1.807) is 18.2 Å². The third-order valence-electron chi connectivity index (χ3n) is 1.95. The number of rotatable bonds is 5. The van der Waals surface area contributed by atoms with Crippen LogP contribution in [0.3, 0.4) is 0 Å². The minimum absolute atomic E-state index is 0.363. The molecule has 0 fully saturated rings. The van der Waals surface area contributed by atoms with Crippen LogP contribution in [-0.4, -0.2) is 15.0 Å². The number of hydrogen-bond acceptors (Lipinski definition) is 2. The van der Waals surface area contributed by atoms with Crippen LogP contribution in [0, 0.1) is 3.57 Å². The maximum Gasteiger partial charge on any atom is 0.241 e. The number of sulfonamides is 1. The summed E-state index contributed by atoms with van der Waals surface area (Å²) in [5.41, 5.74) is 0. The Hall–Kier alpha value is -0.140. The molecule has 1 rings (SSSR count). The molecule has 5 heteroatoms. The van der Waals surface area contributed by atoms with Gasteiger partial charge in [0.05, 0.1) is 4.90 Å². The quantitative estimate of drug-likeness (QED) is 0.661. The number of benzene rings is 1. The van der Waals surface area contributed by atoms with Gasteiger partial charge in [0.15, 0.2) is 0 Å². The zero-order valence-corrected chi connectivity index (χ0v) is 11.5. The first-order chi connectivity index (χ1) is 7.08. The molecule has 1 aromatic carbocycles. The van der Waals surface area contributed by atoms with Crippen molar-refractivity contribution < 1.29 is 8.42 Å². The van der Waals surface area contributed by atoms with Crippen LogP contribution in [0.5, 0.6) is 0 Å². The summed E-state index contributed by atoms with van der Waals surface area (Å²) in [4.78, 5) is 0.363. The summed E-state index contributed by atoms with van der Waals surface area (Å²) in [6.45, 7) is 2.53. The summed E-state index contributed by atoms with van der Waals surface area (Å²) >= 11 is 2.03. The van der Waals surface area contributed by atoms with Gasteiger partial charge < -0.3 is 0 Å². The van der Waals surface area contributed by atoms with Crippen LogP contribution in [-0.2, 0) is 10.0 Å². The minimum Gasteiger partial charge on any atom is -0.211 e. The molecule has 0 unspecified atom stereocenters. The molecule has 0 bridgehead atoms. The van der Waals surface area contributed by atoms with Gasteiger partial charge in [-0.15, -0.1) is 0 Å². The Morgan fingerprint density at radius 2 is 2.00 bits per heavy atom. The average molecular weight is 339 g/mol. The summed E-state index contributed by atoms with van der Waals surface area (Å²) < 4.78 is 27.0. The Balaban J connectivity index is 2.83. The van der Waals surface area contributed by atoms with E-state index in [0.29, 0.717) is 11.4 Å². The molecule has 1 N–H and O–H groups in total. The molecule has 0 aliphatic carbocycles. The van der Waals surface area contributed by atoms with Crippen LogP contribution in [0.4, 0.5) is 0 Å². The molecule has 0 heterocycles. The van der Waals surface area contributed by atoms with Gasteiger partial charge in [-0.05, 0) is 41.1 Å². The van der Waals surface area contributed by atoms with Gasteiger partial charge in [-0.1, -0.05) is 25.5 Å². The van der Waals surface area contributed by atoms with E-state index in [9.17, 15) is 8.42 Å². The largest absolute Gasteiger partial charge is 0.241 e. The average Bonchev–Trinajstić information content (AvgIpc) is 2.18. The van der Waals surface area contributed by atoms with E-state index in [0.717, 1.165) is 16.4 Å². The Morgan fingerprint density at radius 3 is 2.60 bits per heavy atom. The predicted octanol–water partition coefficient (Wildman–Crippen LogP) is 2.37. The molecular formula is C10H14INO2S. The Labute approximate surface area is 104 Å². The summed E-state index contributed by atoms with van der Waals surface area (Å²) in [6, 6.07) is 6.97. The molecule has 0 aliphatic rings. The minimum atomic E-state index is -3.32. The van der Waals surface area contributed by atoms with E-state index in [-0.39, 0.29) is 0 Å². The van der Waals surface area contributed by atoms with Crippen LogP contribution < -0.4 is 4.72 Å². The van der Waals surface area contributed by atoms with Crippen molar-refractivity contribution in [1.29, 1.82) is 0 Å². The molecule has 84 valence electrons. The van der Waals surface area contributed by atoms with Crippen molar-refractivity contribution in [3.63, 3.8) is 0 Å². The fourth-order valence-corrected chi connectivity index (χ4v) is 3.53. The van der Waals surface area contributed by atoms with Crippen molar-refractivity contribution in [2.45, 2.75) is 24.7 Å². The second-order valence-electron chi connectivity index (χ2n) is 3.18. The Kier molecular flexibility index (Phi) is 5.01. The first-order valence-electron chi connectivity index (χ1n) is 4.82. The highest BCUT2D eigenvalue weighted by atomic mass is 127. The molecule has 3 nitrogen and oxygen atoms in total. The van der Waals surface area contributed by atoms with Gasteiger partial charge >= 0.3 is 0 Å². The van der Waals surface area contributed by atoms with Crippen molar-refractivity contribution in [1.82, 2.24) is 4.72 Å². The number of unbranched alkanes of at least 4 members (excludes halogenated alkanes) is 1. The van der Waals surface area contributed by atoms with Gasteiger partial charge in [0.25, 0.3) is 0 Å². The summed E-state index contributed by atoms with van der Waals surface area (Å²) in [5, 5.41) is 0. The molecule has 0 aromatic heterocycles. The maximum atomic E-state index is 11.8. The zero-order valence-electron chi connectivity index (χ0n) is 8.53. The molecule has 15 heavy (non-hydrogen) atoms. The monoisotopic (exact) mass is 339 g/mol. The molecule has 0 saturated carbocycles. The molecule has 0 atom stereocenters. The van der Waals surface area contributed by atoms with E-state index < -0.39 is 10.0 Å². The second-order valence-corrected chi connectivity index (χ2v) is 6.08. The molecule has 0 aliphatic heterocycles. The van der Waals surface area contributed by atoms with Crippen LogP contribution in [0.25, 0.3) is 0 Å². The van der Waals surface area contributed by atoms with Gasteiger partial charge in [-0.2, -0.15) is 0 Å². The van der Waals surface area contributed by atoms with Crippen LogP contribution in [0.15, 0.2) is 29.2 Å². The first kappa shape index (κ1) is 12.9. The normalized spacial score (nSPS) is 11.6. The van der Waals surface area contributed by atoms with Crippen molar-refractivity contribution in [3.05, 3.63) is 27.8 Å². The lowest BCUT2D eigenvalue weighted by Crippen LogP contribution is -2.25. The number of nitrogens with one attached hydrogen (secondary N) is 1. The SMILES string of the molecule is CCCCNS(=O)(=O)c1ccccc1I. The van der Waals surface area contributed by atoms with Crippen molar-refractivity contribution in [2.75, 3.05) is 6.54 Å². The van der Waals surface area contributed by atoms with E-state index in [2.05, 4.69) is 4.72 Å². The van der Waals surface area contributed by atoms with E-state index >= 15 is 0 Å². The highest BCUT2D eigenvalue weighted by Gasteiger charge is 2.15. The van der Waals surface area contributed by atoms with Crippen molar-refractivity contribution in [2.24, 2.45) is 0 Å². The first-order valence-corrected chi connectivity index (χ1v) is 7.38. The fourth-order valence-electron chi connectivity index (χ4n) is 1.12.